The van der Waals surface area contributed by atoms with Gasteiger partial charge in [-0.3, -0.25) is 4.79 Å². The van der Waals surface area contributed by atoms with Crippen LogP contribution in [0.25, 0.3) is 0 Å². The van der Waals surface area contributed by atoms with Crippen molar-refractivity contribution in [3.63, 3.8) is 0 Å². The minimum absolute atomic E-state index is 0.233. The van der Waals surface area contributed by atoms with Crippen LogP contribution < -0.4 is 4.74 Å². The van der Waals surface area contributed by atoms with E-state index >= 15 is 0 Å². The van der Waals surface area contributed by atoms with Gasteiger partial charge in [0.25, 0.3) is 0 Å². The molecule has 0 bridgehead atoms. The van der Waals surface area contributed by atoms with Crippen molar-refractivity contribution >= 4 is 16.0 Å². The van der Waals surface area contributed by atoms with E-state index in [2.05, 4.69) is 0 Å². The zero-order valence-electron chi connectivity index (χ0n) is 15.0. The highest BCUT2D eigenvalue weighted by Gasteiger charge is 2.31. The van der Waals surface area contributed by atoms with Crippen molar-refractivity contribution in [1.29, 1.82) is 0 Å². The maximum absolute atomic E-state index is 12.7. The van der Waals surface area contributed by atoms with Gasteiger partial charge in [0, 0.05) is 13.1 Å². The Hall–Kier alpha value is -1.60. The highest BCUT2D eigenvalue weighted by atomic mass is 32.2. The summed E-state index contributed by atoms with van der Waals surface area (Å²) in [7, 11) is -3.58. The van der Waals surface area contributed by atoms with Crippen molar-refractivity contribution < 1.29 is 23.1 Å². The van der Waals surface area contributed by atoms with Gasteiger partial charge >= 0.3 is 5.97 Å². The number of nitrogens with zero attached hydrogens (tertiary/aromatic N) is 1. The Morgan fingerprint density at radius 3 is 2.23 bits per heavy atom. The SMILES string of the molecule is O=C(O)C1CCN(S(=O)(=O)c2ccc(OCC3CCCCC3)cc2)CC1. The van der Waals surface area contributed by atoms with Crippen LogP contribution in [-0.2, 0) is 14.8 Å². The normalized spacial score (nSPS) is 20.8. The maximum atomic E-state index is 12.7. The molecule has 0 amide bonds. The molecule has 1 aromatic rings. The van der Waals surface area contributed by atoms with Gasteiger partial charge in [0.05, 0.1) is 17.4 Å². The fourth-order valence-corrected chi connectivity index (χ4v) is 5.24. The standard InChI is InChI=1S/C19H27NO5S/c21-19(22)16-10-12-20(13-11-16)26(23,24)18-8-6-17(7-9-18)25-14-15-4-2-1-3-5-15/h6-9,15-16H,1-5,10-14H2,(H,21,22). The molecule has 1 saturated heterocycles. The molecule has 7 heteroatoms. The summed E-state index contributed by atoms with van der Waals surface area (Å²) in [5.74, 6) is 0.000303. The van der Waals surface area contributed by atoms with Crippen molar-refractivity contribution in [2.45, 2.75) is 49.8 Å². The first-order valence-electron chi connectivity index (χ1n) is 9.42. The molecule has 1 saturated carbocycles. The molecule has 26 heavy (non-hydrogen) atoms. The van der Waals surface area contributed by atoms with Crippen molar-refractivity contribution in [2.75, 3.05) is 19.7 Å². The number of aliphatic carboxylic acids is 1. The van der Waals surface area contributed by atoms with Crippen LogP contribution >= 0.6 is 0 Å². The second kappa shape index (κ2) is 8.39. The van der Waals surface area contributed by atoms with Crippen LogP contribution in [0, 0.1) is 11.8 Å². The molecule has 0 unspecified atom stereocenters. The van der Waals surface area contributed by atoms with Crippen LogP contribution in [-0.4, -0.2) is 43.5 Å². The Morgan fingerprint density at radius 1 is 1.04 bits per heavy atom. The van der Waals surface area contributed by atoms with Gasteiger partial charge in [0.15, 0.2) is 0 Å². The van der Waals surface area contributed by atoms with Gasteiger partial charge in [0.1, 0.15) is 5.75 Å². The molecule has 6 nitrogen and oxygen atoms in total. The minimum Gasteiger partial charge on any atom is -0.493 e. The van der Waals surface area contributed by atoms with Gasteiger partial charge in [-0.15, -0.1) is 0 Å². The molecule has 2 aliphatic rings. The molecule has 1 aliphatic heterocycles. The fourth-order valence-electron chi connectivity index (χ4n) is 3.77. The molecule has 0 aromatic heterocycles. The number of benzene rings is 1. The smallest absolute Gasteiger partial charge is 0.306 e. The summed E-state index contributed by atoms with van der Waals surface area (Å²) >= 11 is 0. The number of piperidine rings is 1. The summed E-state index contributed by atoms with van der Waals surface area (Å²) < 4.78 is 32.6. The van der Waals surface area contributed by atoms with Crippen LogP contribution in [0.5, 0.6) is 5.75 Å². The van der Waals surface area contributed by atoms with Gasteiger partial charge in [-0.05, 0) is 55.9 Å². The third-order valence-corrected chi connectivity index (χ3v) is 7.39. The molecule has 1 aliphatic carbocycles. The second-order valence-corrected chi connectivity index (χ2v) is 9.24. The molecule has 3 rings (SSSR count). The van der Waals surface area contributed by atoms with Gasteiger partial charge in [-0.2, -0.15) is 4.31 Å². The minimum atomic E-state index is -3.58. The lowest BCUT2D eigenvalue weighted by molar-refractivity contribution is -0.142. The van der Waals surface area contributed by atoms with E-state index in [0.717, 1.165) is 0 Å². The number of carboxylic acids is 1. The number of carbonyl (C=O) groups is 1. The number of ether oxygens (including phenoxy) is 1. The molecule has 144 valence electrons. The van der Waals surface area contributed by atoms with Gasteiger partial charge in [-0.25, -0.2) is 8.42 Å². The largest absolute Gasteiger partial charge is 0.493 e. The lowest BCUT2D eigenvalue weighted by Gasteiger charge is -2.29. The molecule has 1 heterocycles. The Labute approximate surface area is 155 Å². The van der Waals surface area contributed by atoms with Crippen LogP contribution in [0.3, 0.4) is 0 Å². The summed E-state index contributed by atoms with van der Waals surface area (Å²) in [6.07, 6.45) is 6.98. The van der Waals surface area contributed by atoms with E-state index in [9.17, 15) is 13.2 Å². The monoisotopic (exact) mass is 381 g/mol. The van der Waals surface area contributed by atoms with Crippen molar-refractivity contribution in [2.24, 2.45) is 11.8 Å². The summed E-state index contributed by atoms with van der Waals surface area (Å²) in [6.45, 7) is 1.19. The van der Waals surface area contributed by atoms with E-state index < -0.39 is 21.9 Å². The highest BCUT2D eigenvalue weighted by Crippen LogP contribution is 2.27. The van der Waals surface area contributed by atoms with Gasteiger partial charge in [-0.1, -0.05) is 19.3 Å². The highest BCUT2D eigenvalue weighted by molar-refractivity contribution is 7.89. The predicted octanol–water partition coefficient (Wildman–Crippen LogP) is 3.13. The Morgan fingerprint density at radius 2 is 1.65 bits per heavy atom. The lowest BCUT2D eigenvalue weighted by atomic mass is 9.90. The number of sulfonamides is 1. The first-order chi connectivity index (χ1) is 12.5. The van der Waals surface area contributed by atoms with Crippen molar-refractivity contribution in [1.82, 2.24) is 4.31 Å². The molecule has 1 N–H and O–H groups in total. The van der Waals surface area contributed by atoms with Gasteiger partial charge in [0.2, 0.25) is 10.0 Å². The van der Waals surface area contributed by atoms with E-state index in [1.807, 2.05) is 0 Å². The summed E-state index contributed by atoms with van der Waals surface area (Å²) in [6, 6.07) is 6.57. The third kappa shape index (κ3) is 4.57. The van der Waals surface area contributed by atoms with Crippen molar-refractivity contribution in [3.05, 3.63) is 24.3 Å². The first kappa shape index (κ1) is 19.2. The Bertz CT molecular complexity index is 702. The first-order valence-corrected chi connectivity index (χ1v) is 10.9. The molecule has 1 aromatic carbocycles. The Kier molecular flexibility index (Phi) is 6.19. The van der Waals surface area contributed by atoms with E-state index in [0.29, 0.717) is 31.1 Å². The van der Waals surface area contributed by atoms with E-state index in [1.54, 1.807) is 24.3 Å². The molecule has 0 spiro atoms. The molecular weight excluding hydrogens is 354 g/mol. The average molecular weight is 381 g/mol. The van der Waals surface area contributed by atoms with Gasteiger partial charge < -0.3 is 9.84 Å². The van der Waals surface area contributed by atoms with Crippen LogP contribution in [0.1, 0.15) is 44.9 Å². The third-order valence-electron chi connectivity index (χ3n) is 5.48. The zero-order valence-corrected chi connectivity index (χ0v) is 15.8. The second-order valence-electron chi connectivity index (χ2n) is 7.30. The lowest BCUT2D eigenvalue weighted by Crippen LogP contribution is -2.40. The van der Waals surface area contributed by atoms with Crippen LogP contribution in [0.2, 0.25) is 0 Å². The quantitative estimate of drug-likeness (QED) is 0.818. The number of rotatable bonds is 6. The zero-order chi connectivity index (χ0) is 18.6. The molecule has 2 fully saturated rings. The molecular formula is C19H27NO5S. The number of hydrogen-bond donors (Lipinski definition) is 1. The number of hydrogen-bond acceptors (Lipinski definition) is 4. The summed E-state index contributed by atoms with van der Waals surface area (Å²) in [5, 5.41) is 9.04. The van der Waals surface area contributed by atoms with Crippen LogP contribution in [0.4, 0.5) is 0 Å². The fraction of sp³-hybridized carbons (Fsp3) is 0.632. The maximum Gasteiger partial charge on any atom is 0.306 e. The topological polar surface area (TPSA) is 83.9 Å². The number of carboxylic acid groups (broad SMARTS) is 1. The van der Waals surface area contributed by atoms with Crippen molar-refractivity contribution in [3.8, 4) is 5.75 Å². The van der Waals surface area contributed by atoms with E-state index in [-0.39, 0.29) is 18.0 Å². The van der Waals surface area contributed by atoms with E-state index in [4.69, 9.17) is 9.84 Å². The summed E-state index contributed by atoms with van der Waals surface area (Å²) in [5.41, 5.74) is 0. The van der Waals surface area contributed by atoms with E-state index in [1.165, 1.54) is 36.4 Å². The average Bonchev–Trinajstić information content (AvgIpc) is 2.67. The Balaban J connectivity index is 1.57. The predicted molar refractivity (Wildman–Crippen MR) is 97.6 cm³/mol. The molecule has 0 radical (unpaired) electrons. The molecule has 0 atom stereocenters. The van der Waals surface area contributed by atoms with Crippen LogP contribution in [0.15, 0.2) is 29.2 Å². The summed E-state index contributed by atoms with van der Waals surface area (Å²) in [4.78, 5) is 11.2.